The fourth-order valence-electron chi connectivity index (χ4n) is 3.89. The summed E-state index contributed by atoms with van der Waals surface area (Å²) in [5, 5.41) is 13.0. The highest BCUT2D eigenvalue weighted by Crippen LogP contribution is 2.40. The Hall–Kier alpha value is -3.38. The second kappa shape index (κ2) is 7.80. The topological polar surface area (TPSA) is 74.0 Å². The van der Waals surface area contributed by atoms with Crippen molar-refractivity contribution < 1.29 is 19.1 Å². The van der Waals surface area contributed by atoms with E-state index >= 15 is 0 Å². The molecule has 1 aromatic heterocycles. The molecule has 1 aliphatic heterocycles. The van der Waals surface area contributed by atoms with Gasteiger partial charge >= 0.3 is 0 Å². The molecule has 2 aromatic carbocycles. The summed E-state index contributed by atoms with van der Waals surface area (Å²) in [5.74, 6) is -0.368. The zero-order valence-electron chi connectivity index (χ0n) is 17.3. The van der Waals surface area contributed by atoms with Crippen LogP contribution in [-0.4, -0.2) is 53.8 Å². The molecule has 1 saturated heterocycles. The number of benzene rings is 2. The van der Waals surface area contributed by atoms with Gasteiger partial charge in [-0.15, -0.1) is 0 Å². The number of ketones is 1. The first-order chi connectivity index (χ1) is 14.4. The Labute approximate surface area is 175 Å². The van der Waals surface area contributed by atoms with Gasteiger partial charge in [0.1, 0.15) is 23.3 Å². The minimum absolute atomic E-state index is 0.0597. The van der Waals surface area contributed by atoms with Crippen molar-refractivity contribution in [1.82, 2.24) is 9.80 Å². The Balaban J connectivity index is 1.90. The molecule has 1 unspecified atom stereocenters. The number of furan rings is 1. The number of likely N-dealkylation sites (tertiary alicyclic amines) is 1. The average Bonchev–Trinajstić information content (AvgIpc) is 3.26. The van der Waals surface area contributed by atoms with E-state index in [-0.39, 0.29) is 11.3 Å². The van der Waals surface area contributed by atoms with Gasteiger partial charge in [0.2, 0.25) is 0 Å². The van der Waals surface area contributed by atoms with E-state index in [1.807, 2.05) is 55.4 Å². The Morgan fingerprint density at radius 2 is 1.80 bits per heavy atom. The number of Topliss-reactive ketones (excluding diaryl/α,β-unsaturated/α-hetero) is 1. The molecule has 2 heterocycles. The van der Waals surface area contributed by atoms with Gasteiger partial charge in [-0.3, -0.25) is 9.59 Å². The average molecular weight is 404 g/mol. The van der Waals surface area contributed by atoms with E-state index in [4.69, 9.17) is 4.42 Å². The van der Waals surface area contributed by atoms with Crippen LogP contribution in [0.15, 0.2) is 64.6 Å². The maximum Gasteiger partial charge on any atom is 0.295 e. The summed E-state index contributed by atoms with van der Waals surface area (Å²) in [6, 6.07) is 15.9. The molecular weight excluding hydrogens is 380 g/mol. The van der Waals surface area contributed by atoms with E-state index in [0.29, 0.717) is 30.2 Å². The summed E-state index contributed by atoms with van der Waals surface area (Å²) < 4.78 is 5.80. The number of aliphatic hydroxyl groups is 1. The lowest BCUT2D eigenvalue weighted by molar-refractivity contribution is -0.140. The number of likely N-dealkylation sites (N-methyl/N-ethyl adjacent to an activating group) is 1. The van der Waals surface area contributed by atoms with Gasteiger partial charge < -0.3 is 19.3 Å². The second-order valence-corrected chi connectivity index (χ2v) is 7.77. The van der Waals surface area contributed by atoms with E-state index in [9.17, 15) is 14.7 Å². The molecule has 0 aliphatic carbocycles. The Morgan fingerprint density at radius 3 is 2.50 bits per heavy atom. The molecule has 1 atom stereocenters. The van der Waals surface area contributed by atoms with Gasteiger partial charge in [-0.2, -0.15) is 0 Å². The third-order valence-electron chi connectivity index (χ3n) is 5.40. The summed E-state index contributed by atoms with van der Waals surface area (Å²) in [5.41, 5.74) is 0.580. The van der Waals surface area contributed by atoms with E-state index < -0.39 is 17.7 Å². The number of carbonyl (C=O) groups excluding carboxylic acids is 2. The first-order valence-corrected chi connectivity index (χ1v) is 9.86. The first-order valence-electron chi connectivity index (χ1n) is 9.86. The summed E-state index contributed by atoms with van der Waals surface area (Å²) in [6.45, 7) is 2.73. The molecule has 1 fully saturated rings. The van der Waals surface area contributed by atoms with Crippen molar-refractivity contribution >= 4 is 28.2 Å². The summed E-state index contributed by atoms with van der Waals surface area (Å²) in [4.78, 5) is 29.3. The number of hydrogen-bond donors (Lipinski definition) is 1. The van der Waals surface area contributed by atoms with Gasteiger partial charge in [-0.25, -0.2) is 0 Å². The predicted molar refractivity (Wildman–Crippen MR) is 115 cm³/mol. The van der Waals surface area contributed by atoms with Crippen molar-refractivity contribution in [3.8, 4) is 0 Å². The monoisotopic (exact) mass is 404 g/mol. The molecule has 4 rings (SSSR count). The molecule has 1 amide bonds. The van der Waals surface area contributed by atoms with Crippen LogP contribution < -0.4 is 0 Å². The number of amides is 1. The number of carbonyl (C=O) groups is 2. The molecule has 6 heteroatoms. The molecule has 1 N–H and O–H groups in total. The van der Waals surface area contributed by atoms with E-state index in [1.165, 1.54) is 4.90 Å². The number of aliphatic hydroxyl groups excluding tert-OH is 1. The van der Waals surface area contributed by atoms with Crippen LogP contribution in [0, 0.1) is 6.92 Å². The number of rotatable bonds is 5. The minimum atomic E-state index is -0.766. The normalized spacial score (nSPS) is 18.7. The predicted octanol–water partition coefficient (Wildman–Crippen LogP) is 3.72. The lowest BCUT2D eigenvalue weighted by Crippen LogP contribution is -2.35. The summed E-state index contributed by atoms with van der Waals surface area (Å²) in [7, 11) is 3.80. The van der Waals surface area contributed by atoms with Crippen LogP contribution in [0.2, 0.25) is 0 Å². The SMILES string of the molecule is Cc1ccc(C2/C(=C(/O)c3cccc4ccccc34)C(=O)C(=O)N2CCN(C)C)o1. The second-order valence-electron chi connectivity index (χ2n) is 7.77. The molecule has 0 spiro atoms. The van der Waals surface area contributed by atoms with Crippen LogP contribution in [0.1, 0.15) is 23.1 Å². The maximum atomic E-state index is 13.0. The Morgan fingerprint density at radius 1 is 1.07 bits per heavy atom. The zero-order valence-corrected chi connectivity index (χ0v) is 17.3. The van der Waals surface area contributed by atoms with Crippen LogP contribution in [0.25, 0.3) is 16.5 Å². The fraction of sp³-hybridized carbons (Fsp3) is 0.250. The van der Waals surface area contributed by atoms with Crippen LogP contribution >= 0.6 is 0 Å². The molecular formula is C24H24N2O4. The minimum Gasteiger partial charge on any atom is -0.507 e. The Bertz CT molecular complexity index is 1150. The van der Waals surface area contributed by atoms with Gasteiger partial charge in [0, 0.05) is 18.7 Å². The number of fused-ring (bicyclic) bond motifs is 1. The quantitative estimate of drug-likeness (QED) is 0.399. The fourth-order valence-corrected chi connectivity index (χ4v) is 3.89. The van der Waals surface area contributed by atoms with Crippen molar-refractivity contribution in [2.24, 2.45) is 0 Å². The lowest BCUT2D eigenvalue weighted by atomic mass is 9.96. The van der Waals surface area contributed by atoms with Crippen molar-refractivity contribution in [3.63, 3.8) is 0 Å². The molecule has 1 aliphatic rings. The van der Waals surface area contributed by atoms with Crippen molar-refractivity contribution in [2.75, 3.05) is 27.2 Å². The van der Waals surface area contributed by atoms with Crippen LogP contribution in [0.3, 0.4) is 0 Å². The third kappa shape index (κ3) is 3.39. The molecule has 3 aromatic rings. The molecule has 0 radical (unpaired) electrons. The Kier molecular flexibility index (Phi) is 5.18. The molecule has 30 heavy (non-hydrogen) atoms. The van der Waals surface area contributed by atoms with Gasteiger partial charge in [-0.1, -0.05) is 42.5 Å². The van der Waals surface area contributed by atoms with E-state index in [1.54, 1.807) is 25.1 Å². The number of aryl methyl sites for hydroxylation is 1. The maximum absolute atomic E-state index is 13.0. The summed E-state index contributed by atoms with van der Waals surface area (Å²) >= 11 is 0. The van der Waals surface area contributed by atoms with E-state index in [2.05, 4.69) is 0 Å². The van der Waals surface area contributed by atoms with Gasteiger partial charge in [-0.05, 0) is 43.9 Å². The van der Waals surface area contributed by atoms with Crippen molar-refractivity contribution in [3.05, 3.63) is 77.3 Å². The highest BCUT2D eigenvalue weighted by Gasteiger charge is 2.47. The van der Waals surface area contributed by atoms with Crippen LogP contribution in [0.5, 0.6) is 0 Å². The van der Waals surface area contributed by atoms with Crippen LogP contribution in [0.4, 0.5) is 0 Å². The molecule has 6 nitrogen and oxygen atoms in total. The van der Waals surface area contributed by atoms with E-state index in [0.717, 1.165) is 10.8 Å². The van der Waals surface area contributed by atoms with Crippen molar-refractivity contribution in [2.45, 2.75) is 13.0 Å². The van der Waals surface area contributed by atoms with Gasteiger partial charge in [0.25, 0.3) is 11.7 Å². The lowest BCUT2D eigenvalue weighted by Gasteiger charge is -2.24. The number of nitrogens with zero attached hydrogens (tertiary/aromatic N) is 2. The standard InChI is InChI=1S/C24H24N2O4/c1-15-11-12-19(30-15)21-20(23(28)24(29)26(21)14-13-25(2)3)22(27)18-10-6-8-16-7-4-5-9-17(16)18/h4-12,21,27H,13-14H2,1-3H3/b22-20-. The third-order valence-corrected chi connectivity index (χ3v) is 5.40. The molecule has 0 bridgehead atoms. The number of hydrogen-bond acceptors (Lipinski definition) is 5. The highest BCUT2D eigenvalue weighted by molar-refractivity contribution is 6.46. The van der Waals surface area contributed by atoms with Gasteiger partial charge in [0.15, 0.2) is 0 Å². The van der Waals surface area contributed by atoms with Crippen molar-refractivity contribution in [1.29, 1.82) is 0 Å². The van der Waals surface area contributed by atoms with Gasteiger partial charge in [0.05, 0.1) is 5.57 Å². The van der Waals surface area contributed by atoms with Crippen LogP contribution in [-0.2, 0) is 9.59 Å². The smallest absolute Gasteiger partial charge is 0.295 e. The summed E-state index contributed by atoms with van der Waals surface area (Å²) in [6.07, 6.45) is 0. The zero-order chi connectivity index (χ0) is 21.4. The largest absolute Gasteiger partial charge is 0.507 e. The highest BCUT2D eigenvalue weighted by atomic mass is 16.3. The molecule has 154 valence electrons. The first kappa shape index (κ1) is 19.9. The molecule has 0 saturated carbocycles.